The standard InChI is InChI=1S/C16H19ClN4O2/c17-12-2-1-3-13(8-12)23-7-5-15(22)20-14-10-19-21-16(14)11-4-6-18-9-11/h1-3,8,10-11,18H,4-7,9H2,(H,19,21)(H,20,22). The maximum absolute atomic E-state index is 12.1. The highest BCUT2D eigenvalue weighted by Gasteiger charge is 2.22. The van der Waals surface area contributed by atoms with Crippen molar-refractivity contribution in [1.82, 2.24) is 15.5 Å². The molecule has 0 saturated carbocycles. The number of aromatic nitrogens is 2. The van der Waals surface area contributed by atoms with Gasteiger partial charge in [-0.1, -0.05) is 17.7 Å². The minimum atomic E-state index is -0.0966. The van der Waals surface area contributed by atoms with Crippen LogP contribution < -0.4 is 15.4 Å². The molecule has 23 heavy (non-hydrogen) atoms. The summed E-state index contributed by atoms with van der Waals surface area (Å²) in [5, 5.41) is 13.9. The van der Waals surface area contributed by atoms with Crippen LogP contribution in [0.25, 0.3) is 0 Å². The largest absolute Gasteiger partial charge is 0.493 e. The predicted molar refractivity (Wildman–Crippen MR) is 89.0 cm³/mol. The Labute approximate surface area is 139 Å². The third-order valence-electron chi connectivity index (χ3n) is 3.81. The predicted octanol–water partition coefficient (Wildman–Crippen LogP) is 2.55. The summed E-state index contributed by atoms with van der Waals surface area (Å²) < 4.78 is 5.53. The number of hydrogen-bond acceptors (Lipinski definition) is 4. The Kier molecular flexibility index (Phi) is 5.15. The van der Waals surface area contributed by atoms with Gasteiger partial charge in [-0.25, -0.2) is 0 Å². The molecule has 7 heteroatoms. The molecule has 1 saturated heterocycles. The van der Waals surface area contributed by atoms with Crippen molar-refractivity contribution in [3.63, 3.8) is 0 Å². The number of anilines is 1. The fourth-order valence-corrected chi connectivity index (χ4v) is 2.82. The molecule has 1 aromatic carbocycles. The molecule has 0 spiro atoms. The minimum absolute atomic E-state index is 0.0966. The number of carbonyl (C=O) groups excluding carboxylic acids is 1. The summed E-state index contributed by atoms with van der Waals surface area (Å²) in [6.45, 7) is 2.19. The van der Waals surface area contributed by atoms with Crippen LogP contribution in [0.3, 0.4) is 0 Å². The number of nitrogens with zero attached hydrogens (tertiary/aromatic N) is 1. The number of halogens is 1. The zero-order chi connectivity index (χ0) is 16.1. The molecule has 3 rings (SSSR count). The average molecular weight is 335 g/mol. The van der Waals surface area contributed by atoms with E-state index in [9.17, 15) is 4.79 Å². The van der Waals surface area contributed by atoms with E-state index in [4.69, 9.17) is 16.3 Å². The van der Waals surface area contributed by atoms with Crippen molar-refractivity contribution in [3.8, 4) is 5.75 Å². The van der Waals surface area contributed by atoms with E-state index < -0.39 is 0 Å². The zero-order valence-corrected chi connectivity index (χ0v) is 13.4. The van der Waals surface area contributed by atoms with Gasteiger partial charge in [-0.15, -0.1) is 0 Å². The molecule has 1 aliphatic heterocycles. The second kappa shape index (κ2) is 7.48. The normalized spacial score (nSPS) is 17.2. The minimum Gasteiger partial charge on any atom is -0.493 e. The first-order valence-corrected chi connectivity index (χ1v) is 8.02. The highest BCUT2D eigenvalue weighted by molar-refractivity contribution is 6.30. The Morgan fingerprint density at radius 3 is 3.17 bits per heavy atom. The van der Waals surface area contributed by atoms with Crippen LogP contribution in [-0.2, 0) is 4.79 Å². The maximum atomic E-state index is 12.1. The van der Waals surface area contributed by atoms with Crippen molar-refractivity contribution >= 4 is 23.2 Å². The molecule has 0 radical (unpaired) electrons. The van der Waals surface area contributed by atoms with Crippen LogP contribution in [0, 0.1) is 0 Å². The van der Waals surface area contributed by atoms with E-state index in [2.05, 4.69) is 20.8 Å². The van der Waals surface area contributed by atoms with Crippen LogP contribution in [0.2, 0.25) is 5.02 Å². The number of ether oxygens (including phenoxy) is 1. The van der Waals surface area contributed by atoms with Crippen LogP contribution in [-0.4, -0.2) is 35.8 Å². The number of rotatable bonds is 6. The number of hydrogen-bond donors (Lipinski definition) is 3. The molecule has 6 nitrogen and oxygen atoms in total. The van der Waals surface area contributed by atoms with E-state index in [0.717, 1.165) is 30.9 Å². The van der Waals surface area contributed by atoms with Gasteiger partial charge < -0.3 is 15.4 Å². The molecule has 0 aliphatic carbocycles. The smallest absolute Gasteiger partial charge is 0.227 e. The molecule has 2 heterocycles. The van der Waals surface area contributed by atoms with Crippen molar-refractivity contribution in [2.75, 3.05) is 25.0 Å². The van der Waals surface area contributed by atoms with Crippen molar-refractivity contribution in [1.29, 1.82) is 0 Å². The third-order valence-corrected chi connectivity index (χ3v) is 4.04. The number of carbonyl (C=O) groups is 1. The molecule has 122 valence electrons. The maximum Gasteiger partial charge on any atom is 0.227 e. The van der Waals surface area contributed by atoms with E-state index in [-0.39, 0.29) is 12.3 Å². The molecule has 1 aliphatic rings. The topological polar surface area (TPSA) is 79.0 Å². The Hall–Kier alpha value is -2.05. The van der Waals surface area contributed by atoms with Gasteiger partial charge >= 0.3 is 0 Å². The molecule has 3 N–H and O–H groups in total. The van der Waals surface area contributed by atoms with Gasteiger partial charge in [0.25, 0.3) is 0 Å². The quantitative estimate of drug-likeness (QED) is 0.758. The van der Waals surface area contributed by atoms with Crippen LogP contribution >= 0.6 is 11.6 Å². The molecule has 1 aromatic heterocycles. The first-order valence-electron chi connectivity index (χ1n) is 7.64. The second-order valence-corrected chi connectivity index (χ2v) is 5.93. The lowest BCUT2D eigenvalue weighted by Crippen LogP contribution is -2.17. The number of amides is 1. The second-order valence-electron chi connectivity index (χ2n) is 5.49. The van der Waals surface area contributed by atoms with Gasteiger partial charge in [0.2, 0.25) is 5.91 Å². The molecule has 0 bridgehead atoms. The molecular formula is C16H19ClN4O2. The first-order chi connectivity index (χ1) is 11.2. The van der Waals surface area contributed by atoms with E-state index in [1.165, 1.54) is 0 Å². The van der Waals surface area contributed by atoms with Gasteiger partial charge in [0.15, 0.2) is 0 Å². The lowest BCUT2D eigenvalue weighted by Gasteiger charge is -2.10. The Morgan fingerprint density at radius 1 is 1.48 bits per heavy atom. The molecule has 1 atom stereocenters. The fraction of sp³-hybridized carbons (Fsp3) is 0.375. The summed E-state index contributed by atoms with van der Waals surface area (Å²) in [6, 6.07) is 7.12. The molecular weight excluding hydrogens is 316 g/mol. The van der Waals surface area contributed by atoms with Gasteiger partial charge in [-0.05, 0) is 31.2 Å². The van der Waals surface area contributed by atoms with Crippen molar-refractivity contribution in [2.24, 2.45) is 0 Å². The Morgan fingerprint density at radius 2 is 2.39 bits per heavy atom. The van der Waals surface area contributed by atoms with Gasteiger partial charge in [-0.2, -0.15) is 5.10 Å². The molecule has 1 fully saturated rings. The lowest BCUT2D eigenvalue weighted by molar-refractivity contribution is -0.116. The molecule has 1 unspecified atom stereocenters. The van der Waals surface area contributed by atoms with Crippen LogP contribution in [0.5, 0.6) is 5.75 Å². The molecule has 2 aromatic rings. The summed E-state index contributed by atoms with van der Waals surface area (Å²) in [6.07, 6.45) is 2.96. The summed E-state index contributed by atoms with van der Waals surface area (Å²) in [5.74, 6) is 0.933. The van der Waals surface area contributed by atoms with Crippen molar-refractivity contribution in [3.05, 3.63) is 41.2 Å². The number of benzene rings is 1. The summed E-state index contributed by atoms with van der Waals surface area (Å²) in [7, 11) is 0. The highest BCUT2D eigenvalue weighted by atomic mass is 35.5. The zero-order valence-electron chi connectivity index (χ0n) is 12.6. The highest BCUT2D eigenvalue weighted by Crippen LogP contribution is 2.26. The monoisotopic (exact) mass is 334 g/mol. The SMILES string of the molecule is O=C(CCOc1cccc(Cl)c1)Nc1cn[nH]c1C1CCNC1. The first kappa shape index (κ1) is 15.8. The van der Waals surface area contributed by atoms with Crippen molar-refractivity contribution < 1.29 is 9.53 Å². The van der Waals surface area contributed by atoms with E-state index >= 15 is 0 Å². The number of H-pyrrole nitrogens is 1. The van der Waals surface area contributed by atoms with Gasteiger partial charge in [0.1, 0.15) is 5.75 Å². The van der Waals surface area contributed by atoms with E-state index in [0.29, 0.717) is 23.3 Å². The third kappa shape index (κ3) is 4.24. The average Bonchev–Trinajstić information content (AvgIpc) is 3.18. The van der Waals surface area contributed by atoms with Gasteiger partial charge in [0.05, 0.1) is 30.6 Å². The summed E-state index contributed by atoms with van der Waals surface area (Å²) >= 11 is 5.89. The van der Waals surface area contributed by atoms with Gasteiger partial charge in [-0.3, -0.25) is 9.89 Å². The number of aromatic amines is 1. The summed E-state index contributed by atoms with van der Waals surface area (Å²) in [4.78, 5) is 12.1. The lowest BCUT2D eigenvalue weighted by atomic mass is 10.0. The number of nitrogens with one attached hydrogen (secondary N) is 3. The molecule has 1 amide bonds. The fourth-order valence-electron chi connectivity index (χ4n) is 2.64. The van der Waals surface area contributed by atoms with Crippen molar-refractivity contribution in [2.45, 2.75) is 18.8 Å². The summed E-state index contributed by atoms with van der Waals surface area (Å²) in [5.41, 5.74) is 1.74. The van der Waals surface area contributed by atoms with Crippen LogP contribution in [0.15, 0.2) is 30.5 Å². The van der Waals surface area contributed by atoms with E-state index in [1.807, 2.05) is 12.1 Å². The van der Waals surface area contributed by atoms with Crippen LogP contribution in [0.4, 0.5) is 5.69 Å². The Balaban J connectivity index is 1.49. The van der Waals surface area contributed by atoms with Gasteiger partial charge in [0, 0.05) is 17.5 Å². The van der Waals surface area contributed by atoms with Crippen LogP contribution in [0.1, 0.15) is 24.5 Å². The Bertz CT molecular complexity index is 668. The van der Waals surface area contributed by atoms with E-state index in [1.54, 1.807) is 18.3 Å².